The summed E-state index contributed by atoms with van der Waals surface area (Å²) in [6, 6.07) is 25.0. The van der Waals surface area contributed by atoms with Gasteiger partial charge in [-0.15, -0.1) is 0 Å². The van der Waals surface area contributed by atoms with Gasteiger partial charge in [-0.05, 0) is 73.7 Å². The molecule has 194 valence electrons. The number of nitrogens with zero attached hydrogens (tertiary/aromatic N) is 4. The third-order valence-electron chi connectivity index (χ3n) is 7.62. The molecular formula is C31H38N4O2. The lowest BCUT2D eigenvalue weighted by Gasteiger charge is -2.34. The van der Waals surface area contributed by atoms with Crippen LogP contribution in [-0.4, -0.2) is 78.0 Å². The molecule has 2 saturated heterocycles. The molecule has 0 radical (unpaired) electrons. The van der Waals surface area contributed by atoms with Crippen LogP contribution in [0.4, 0.5) is 0 Å². The summed E-state index contributed by atoms with van der Waals surface area (Å²) < 4.78 is 6.02. The van der Waals surface area contributed by atoms with Crippen LogP contribution in [0.5, 0.6) is 5.75 Å². The number of pyridine rings is 1. The van der Waals surface area contributed by atoms with Crippen LogP contribution < -0.4 is 4.74 Å². The minimum atomic E-state index is 0.0214. The Hall–Kier alpha value is -3.22. The van der Waals surface area contributed by atoms with Crippen molar-refractivity contribution in [2.24, 2.45) is 5.92 Å². The number of piperidine rings is 1. The second-order valence-electron chi connectivity index (χ2n) is 10.3. The monoisotopic (exact) mass is 498 g/mol. The molecule has 0 N–H and O–H groups in total. The zero-order valence-electron chi connectivity index (χ0n) is 21.7. The van der Waals surface area contributed by atoms with E-state index in [0.717, 1.165) is 50.9 Å². The minimum Gasteiger partial charge on any atom is -0.492 e. The van der Waals surface area contributed by atoms with Crippen LogP contribution in [0.25, 0.3) is 0 Å². The lowest BCUT2D eigenvalue weighted by Crippen LogP contribution is -2.49. The van der Waals surface area contributed by atoms with Crippen molar-refractivity contribution in [1.29, 1.82) is 0 Å². The highest BCUT2D eigenvalue weighted by atomic mass is 16.5. The maximum absolute atomic E-state index is 12.6. The summed E-state index contributed by atoms with van der Waals surface area (Å²) in [5.41, 5.74) is 3.34. The maximum Gasteiger partial charge on any atom is 0.272 e. The summed E-state index contributed by atoms with van der Waals surface area (Å²) >= 11 is 0. The normalized spacial score (nSPS) is 17.6. The van der Waals surface area contributed by atoms with Gasteiger partial charge in [-0.2, -0.15) is 0 Å². The Bertz CT molecular complexity index is 1090. The summed E-state index contributed by atoms with van der Waals surface area (Å²) in [7, 11) is 0. The van der Waals surface area contributed by atoms with Gasteiger partial charge in [-0.3, -0.25) is 19.6 Å². The highest BCUT2D eigenvalue weighted by molar-refractivity contribution is 5.92. The number of carbonyl (C=O) groups excluding carboxylic acids is 1. The zero-order chi connectivity index (χ0) is 25.3. The van der Waals surface area contributed by atoms with Gasteiger partial charge >= 0.3 is 0 Å². The Morgan fingerprint density at radius 1 is 0.784 bits per heavy atom. The molecule has 5 rings (SSSR count). The van der Waals surface area contributed by atoms with E-state index >= 15 is 0 Å². The molecule has 6 heteroatoms. The molecule has 0 unspecified atom stereocenters. The van der Waals surface area contributed by atoms with Gasteiger partial charge in [-0.1, -0.05) is 48.5 Å². The van der Waals surface area contributed by atoms with Crippen molar-refractivity contribution in [2.75, 3.05) is 52.4 Å². The highest BCUT2D eigenvalue weighted by Crippen LogP contribution is 2.23. The van der Waals surface area contributed by atoms with Crippen molar-refractivity contribution in [2.45, 2.75) is 25.8 Å². The molecule has 0 atom stereocenters. The van der Waals surface area contributed by atoms with E-state index in [1.165, 1.54) is 43.5 Å². The van der Waals surface area contributed by atoms with Gasteiger partial charge < -0.3 is 9.64 Å². The number of hydrogen-bond acceptors (Lipinski definition) is 5. The van der Waals surface area contributed by atoms with Gasteiger partial charge in [0.05, 0.1) is 0 Å². The first kappa shape index (κ1) is 25.4. The van der Waals surface area contributed by atoms with E-state index in [-0.39, 0.29) is 5.91 Å². The molecular weight excluding hydrogens is 460 g/mol. The van der Waals surface area contributed by atoms with E-state index in [4.69, 9.17) is 4.74 Å². The third-order valence-corrected chi connectivity index (χ3v) is 7.62. The Morgan fingerprint density at radius 2 is 1.51 bits per heavy atom. The van der Waals surface area contributed by atoms with Gasteiger partial charge in [0.15, 0.2) is 0 Å². The molecule has 37 heavy (non-hydrogen) atoms. The molecule has 0 spiro atoms. The van der Waals surface area contributed by atoms with Crippen molar-refractivity contribution in [3.8, 4) is 5.75 Å². The lowest BCUT2D eigenvalue weighted by atomic mass is 9.90. The predicted octanol–water partition coefficient (Wildman–Crippen LogP) is 4.37. The topological polar surface area (TPSA) is 48.9 Å². The minimum absolute atomic E-state index is 0.0214. The van der Waals surface area contributed by atoms with Crippen molar-refractivity contribution in [3.05, 3.63) is 95.8 Å². The van der Waals surface area contributed by atoms with Gasteiger partial charge in [0.1, 0.15) is 18.1 Å². The Kier molecular flexibility index (Phi) is 8.82. The Balaban J connectivity index is 0.977. The van der Waals surface area contributed by atoms with Crippen molar-refractivity contribution in [1.82, 2.24) is 19.7 Å². The van der Waals surface area contributed by atoms with Crippen LogP contribution in [0.2, 0.25) is 0 Å². The number of piperazine rings is 1. The Labute approximate surface area is 220 Å². The molecule has 3 aromatic rings. The number of amides is 1. The summed E-state index contributed by atoms with van der Waals surface area (Å²) in [5, 5.41) is 0. The summed E-state index contributed by atoms with van der Waals surface area (Å²) in [5.74, 6) is 1.75. The van der Waals surface area contributed by atoms with Crippen molar-refractivity contribution >= 4 is 5.91 Å². The number of likely N-dealkylation sites (tertiary alicyclic amines) is 1. The average Bonchev–Trinajstić information content (AvgIpc) is 2.96. The van der Waals surface area contributed by atoms with E-state index in [0.29, 0.717) is 12.3 Å². The van der Waals surface area contributed by atoms with Gasteiger partial charge in [0, 0.05) is 45.5 Å². The third kappa shape index (κ3) is 7.40. The summed E-state index contributed by atoms with van der Waals surface area (Å²) in [6.45, 7) is 8.08. The summed E-state index contributed by atoms with van der Waals surface area (Å²) in [4.78, 5) is 23.6. The summed E-state index contributed by atoms with van der Waals surface area (Å²) in [6.07, 6.45) is 5.44. The molecule has 2 aliphatic rings. The molecule has 2 fully saturated rings. The number of ether oxygens (including phenoxy) is 1. The fraction of sp³-hybridized carbons (Fsp3) is 0.419. The van der Waals surface area contributed by atoms with E-state index in [1.54, 1.807) is 12.3 Å². The van der Waals surface area contributed by atoms with Crippen LogP contribution in [0.3, 0.4) is 0 Å². The van der Waals surface area contributed by atoms with Gasteiger partial charge in [0.2, 0.25) is 0 Å². The first-order valence-corrected chi connectivity index (χ1v) is 13.6. The molecule has 0 saturated carbocycles. The van der Waals surface area contributed by atoms with Crippen LogP contribution in [0.15, 0.2) is 79.0 Å². The van der Waals surface area contributed by atoms with Gasteiger partial charge in [-0.25, -0.2) is 0 Å². The number of carbonyl (C=O) groups is 1. The molecule has 2 aliphatic heterocycles. The fourth-order valence-electron chi connectivity index (χ4n) is 5.36. The molecule has 6 nitrogen and oxygen atoms in total. The molecule has 0 aliphatic carbocycles. The number of aromatic nitrogens is 1. The van der Waals surface area contributed by atoms with E-state index in [2.05, 4.69) is 69.4 Å². The van der Waals surface area contributed by atoms with Crippen LogP contribution in [-0.2, 0) is 13.0 Å². The standard InChI is InChI=1S/C31H38N4O2/c36-31(30-8-4-5-15-32-30)35-20-18-33(19-21-35)22-23-37-29-11-9-28(10-12-29)25-34-16-13-27(14-17-34)24-26-6-2-1-3-7-26/h1-12,15,27H,13-14,16-25H2. The number of hydrogen-bond donors (Lipinski definition) is 0. The Morgan fingerprint density at radius 3 is 2.22 bits per heavy atom. The molecule has 0 bridgehead atoms. The number of rotatable bonds is 9. The molecule has 3 heterocycles. The maximum atomic E-state index is 12.6. The average molecular weight is 499 g/mol. The zero-order valence-corrected chi connectivity index (χ0v) is 21.7. The molecule has 1 aromatic heterocycles. The molecule has 2 aromatic carbocycles. The van der Waals surface area contributed by atoms with E-state index in [9.17, 15) is 4.79 Å². The first-order valence-electron chi connectivity index (χ1n) is 13.6. The van der Waals surface area contributed by atoms with Crippen molar-refractivity contribution in [3.63, 3.8) is 0 Å². The quantitative estimate of drug-likeness (QED) is 0.438. The molecule has 1 amide bonds. The second kappa shape index (κ2) is 12.8. The van der Waals surface area contributed by atoms with Crippen LogP contribution >= 0.6 is 0 Å². The van der Waals surface area contributed by atoms with E-state index < -0.39 is 0 Å². The van der Waals surface area contributed by atoms with Crippen molar-refractivity contribution < 1.29 is 9.53 Å². The highest BCUT2D eigenvalue weighted by Gasteiger charge is 2.23. The van der Waals surface area contributed by atoms with Crippen LogP contribution in [0.1, 0.15) is 34.5 Å². The van der Waals surface area contributed by atoms with E-state index in [1.807, 2.05) is 17.0 Å². The number of benzene rings is 2. The van der Waals surface area contributed by atoms with Gasteiger partial charge in [0.25, 0.3) is 5.91 Å². The first-order chi connectivity index (χ1) is 18.2. The second-order valence-corrected chi connectivity index (χ2v) is 10.3. The fourth-order valence-corrected chi connectivity index (χ4v) is 5.36. The predicted molar refractivity (Wildman–Crippen MR) is 147 cm³/mol. The largest absolute Gasteiger partial charge is 0.492 e. The lowest BCUT2D eigenvalue weighted by molar-refractivity contribution is 0.0614. The SMILES string of the molecule is O=C(c1ccccn1)N1CCN(CCOc2ccc(CN3CCC(Cc4ccccc4)CC3)cc2)CC1. The van der Waals surface area contributed by atoms with Crippen LogP contribution in [0, 0.1) is 5.92 Å². The smallest absolute Gasteiger partial charge is 0.272 e.